The fourth-order valence-corrected chi connectivity index (χ4v) is 2.68. The van der Waals surface area contributed by atoms with Crippen molar-refractivity contribution in [3.8, 4) is 5.88 Å². The summed E-state index contributed by atoms with van der Waals surface area (Å²) in [5.74, 6) is 0.390. The molecule has 9 heteroatoms. The van der Waals surface area contributed by atoms with E-state index in [1.54, 1.807) is 18.3 Å². The highest BCUT2D eigenvalue weighted by Gasteiger charge is 2.34. The summed E-state index contributed by atoms with van der Waals surface area (Å²) < 4.78 is 49.0. The molecule has 0 fully saturated rings. The van der Waals surface area contributed by atoms with Gasteiger partial charge in [0, 0.05) is 12.7 Å². The van der Waals surface area contributed by atoms with Crippen molar-refractivity contribution in [2.24, 2.45) is 0 Å². The third-order valence-electron chi connectivity index (χ3n) is 3.58. The number of rotatable bonds is 3. The Balaban J connectivity index is 1.62. The summed E-state index contributed by atoms with van der Waals surface area (Å²) in [4.78, 5) is 15.9. The van der Waals surface area contributed by atoms with Crippen LogP contribution in [-0.2, 0) is 17.5 Å². The largest absolute Gasteiger partial charge is 0.473 e. The molecule has 0 radical (unpaired) electrons. The fraction of sp³-hybridized carbons (Fsp3) is 0.250. The molecule has 1 aliphatic rings. The highest BCUT2D eigenvalue weighted by atomic mass is 35.5. The zero-order chi connectivity index (χ0) is 18.0. The second-order valence-electron chi connectivity index (χ2n) is 5.23. The van der Waals surface area contributed by atoms with Crippen molar-refractivity contribution >= 4 is 17.7 Å². The van der Waals surface area contributed by atoms with Crippen molar-refractivity contribution in [1.29, 1.82) is 0 Å². The second-order valence-corrected chi connectivity index (χ2v) is 5.61. The molecule has 0 aliphatic carbocycles. The van der Waals surface area contributed by atoms with E-state index < -0.39 is 29.0 Å². The van der Waals surface area contributed by atoms with Gasteiger partial charge in [0.1, 0.15) is 6.61 Å². The first-order valence-corrected chi connectivity index (χ1v) is 7.61. The number of fused-ring (bicyclic) bond motifs is 1. The predicted octanol–water partition coefficient (Wildman–Crippen LogP) is 4.11. The standard InChI is InChI=1S/C16H12ClF3N2O3/c17-13-9(3-1-5-11(13)16(18,19)20)7-22-15(23)25-12-8-24-14-10(12)4-2-6-21-14/h1-6,12H,7-8H2,(H,22,23). The Morgan fingerprint density at radius 2 is 2.16 bits per heavy atom. The van der Waals surface area contributed by atoms with E-state index in [1.807, 2.05) is 0 Å². The minimum atomic E-state index is -4.56. The van der Waals surface area contributed by atoms with E-state index in [2.05, 4.69) is 10.3 Å². The number of alkyl halides is 3. The van der Waals surface area contributed by atoms with Crippen LogP contribution < -0.4 is 10.1 Å². The molecule has 1 aromatic heterocycles. The van der Waals surface area contributed by atoms with E-state index in [0.717, 1.165) is 6.07 Å². The van der Waals surface area contributed by atoms with Gasteiger partial charge in [0.05, 0.1) is 16.1 Å². The van der Waals surface area contributed by atoms with Gasteiger partial charge in [-0.2, -0.15) is 13.2 Å². The SMILES string of the molecule is O=C(NCc1cccc(C(F)(F)F)c1Cl)OC1COc2ncccc21. The molecule has 1 aromatic carbocycles. The molecular weight excluding hydrogens is 361 g/mol. The Hall–Kier alpha value is -2.48. The number of nitrogens with one attached hydrogen (secondary N) is 1. The number of hydrogen-bond donors (Lipinski definition) is 1. The van der Waals surface area contributed by atoms with Crippen LogP contribution in [-0.4, -0.2) is 17.7 Å². The van der Waals surface area contributed by atoms with Gasteiger partial charge in [-0.05, 0) is 23.8 Å². The summed E-state index contributed by atoms with van der Waals surface area (Å²) in [6, 6.07) is 6.91. The van der Waals surface area contributed by atoms with Crippen molar-refractivity contribution in [2.75, 3.05) is 6.61 Å². The molecule has 0 saturated carbocycles. The number of benzene rings is 1. The first-order chi connectivity index (χ1) is 11.9. The Morgan fingerprint density at radius 1 is 1.36 bits per heavy atom. The van der Waals surface area contributed by atoms with Gasteiger partial charge in [0.25, 0.3) is 0 Å². The van der Waals surface area contributed by atoms with Gasteiger partial charge in [-0.1, -0.05) is 23.7 Å². The summed E-state index contributed by atoms with van der Waals surface area (Å²) in [5.41, 5.74) is -0.182. The molecule has 0 bridgehead atoms. The first-order valence-electron chi connectivity index (χ1n) is 7.23. The van der Waals surface area contributed by atoms with Gasteiger partial charge in [-0.3, -0.25) is 0 Å². The predicted molar refractivity (Wildman–Crippen MR) is 82.2 cm³/mol. The number of carbonyl (C=O) groups is 1. The highest BCUT2D eigenvalue weighted by molar-refractivity contribution is 6.32. The van der Waals surface area contributed by atoms with E-state index in [0.29, 0.717) is 11.4 Å². The summed E-state index contributed by atoms with van der Waals surface area (Å²) in [7, 11) is 0. The number of aromatic nitrogens is 1. The monoisotopic (exact) mass is 372 g/mol. The maximum atomic E-state index is 12.8. The smallest absolute Gasteiger partial charge is 0.417 e. The van der Waals surface area contributed by atoms with Crippen molar-refractivity contribution in [2.45, 2.75) is 18.8 Å². The quantitative estimate of drug-likeness (QED) is 0.880. The molecule has 2 heterocycles. The van der Waals surface area contributed by atoms with E-state index in [4.69, 9.17) is 21.1 Å². The van der Waals surface area contributed by atoms with E-state index >= 15 is 0 Å². The van der Waals surface area contributed by atoms with Crippen molar-refractivity contribution in [3.05, 3.63) is 58.2 Å². The lowest BCUT2D eigenvalue weighted by molar-refractivity contribution is -0.137. The van der Waals surface area contributed by atoms with Crippen LogP contribution in [0, 0.1) is 0 Å². The molecule has 5 nitrogen and oxygen atoms in total. The molecule has 1 amide bonds. The Bertz CT molecular complexity index is 798. The van der Waals surface area contributed by atoms with Crippen LogP contribution >= 0.6 is 11.6 Å². The highest BCUT2D eigenvalue weighted by Crippen LogP contribution is 2.36. The molecule has 0 saturated heterocycles. The van der Waals surface area contributed by atoms with Gasteiger partial charge in [0.2, 0.25) is 5.88 Å². The molecule has 0 spiro atoms. The molecule has 1 N–H and O–H groups in total. The maximum absolute atomic E-state index is 12.8. The van der Waals surface area contributed by atoms with E-state index in [9.17, 15) is 18.0 Å². The Labute approximate surface area is 145 Å². The van der Waals surface area contributed by atoms with Crippen LogP contribution in [0.2, 0.25) is 5.02 Å². The normalized spacial score (nSPS) is 16.1. The maximum Gasteiger partial charge on any atom is 0.417 e. The molecular formula is C16H12ClF3N2O3. The van der Waals surface area contributed by atoms with Crippen LogP contribution in [0.3, 0.4) is 0 Å². The van der Waals surface area contributed by atoms with Crippen LogP contribution in [0.25, 0.3) is 0 Å². The summed E-state index contributed by atoms with van der Waals surface area (Å²) in [6.07, 6.45) is -4.43. The zero-order valence-electron chi connectivity index (χ0n) is 12.6. The van der Waals surface area contributed by atoms with Crippen molar-refractivity contribution < 1.29 is 27.4 Å². The number of nitrogens with zero attached hydrogens (tertiary/aromatic N) is 1. The van der Waals surface area contributed by atoms with Gasteiger partial charge in [0.15, 0.2) is 6.10 Å². The zero-order valence-corrected chi connectivity index (χ0v) is 13.4. The van der Waals surface area contributed by atoms with E-state index in [-0.39, 0.29) is 18.7 Å². The topological polar surface area (TPSA) is 60.5 Å². The average molecular weight is 373 g/mol. The van der Waals surface area contributed by atoms with Crippen LogP contribution in [0.4, 0.5) is 18.0 Å². The summed E-state index contributed by atoms with van der Waals surface area (Å²) in [5, 5.41) is 1.94. The average Bonchev–Trinajstić information content (AvgIpc) is 2.96. The third-order valence-corrected chi connectivity index (χ3v) is 4.02. The molecule has 132 valence electrons. The minimum Gasteiger partial charge on any atom is -0.473 e. The fourth-order valence-electron chi connectivity index (χ4n) is 2.38. The molecule has 1 aliphatic heterocycles. The number of ether oxygens (including phenoxy) is 2. The summed E-state index contributed by atoms with van der Waals surface area (Å²) in [6.45, 7) is -0.0703. The lowest BCUT2D eigenvalue weighted by Crippen LogP contribution is -2.26. The number of hydrogen-bond acceptors (Lipinski definition) is 4. The molecule has 3 rings (SSSR count). The number of alkyl carbamates (subject to hydrolysis) is 1. The molecule has 1 unspecified atom stereocenters. The minimum absolute atomic E-state index is 0.129. The van der Waals surface area contributed by atoms with E-state index in [1.165, 1.54) is 12.1 Å². The lowest BCUT2D eigenvalue weighted by Gasteiger charge is -2.14. The van der Waals surface area contributed by atoms with Gasteiger partial charge >= 0.3 is 12.3 Å². The van der Waals surface area contributed by atoms with Crippen LogP contribution in [0.5, 0.6) is 5.88 Å². The second kappa shape index (κ2) is 6.79. The lowest BCUT2D eigenvalue weighted by atomic mass is 10.1. The molecule has 1 atom stereocenters. The number of amides is 1. The van der Waals surface area contributed by atoms with Crippen LogP contribution in [0.15, 0.2) is 36.5 Å². The number of carbonyl (C=O) groups excluding carboxylic acids is 1. The van der Waals surface area contributed by atoms with Gasteiger partial charge in [-0.25, -0.2) is 9.78 Å². The summed E-state index contributed by atoms with van der Waals surface area (Å²) >= 11 is 5.77. The van der Waals surface area contributed by atoms with Gasteiger partial charge in [-0.15, -0.1) is 0 Å². The Morgan fingerprint density at radius 3 is 2.92 bits per heavy atom. The first kappa shape index (κ1) is 17.3. The molecule has 2 aromatic rings. The number of pyridine rings is 1. The van der Waals surface area contributed by atoms with Crippen molar-refractivity contribution in [1.82, 2.24) is 10.3 Å². The third kappa shape index (κ3) is 3.79. The Kier molecular flexibility index (Phi) is 4.71. The van der Waals surface area contributed by atoms with Gasteiger partial charge < -0.3 is 14.8 Å². The van der Waals surface area contributed by atoms with Crippen molar-refractivity contribution in [3.63, 3.8) is 0 Å². The van der Waals surface area contributed by atoms with Crippen LogP contribution in [0.1, 0.15) is 22.8 Å². The molecule has 25 heavy (non-hydrogen) atoms. The number of halogens is 4.